The fourth-order valence-electron chi connectivity index (χ4n) is 2.18. The molecule has 0 amide bonds. The number of hydrogen-bond acceptors (Lipinski definition) is 3. The number of rotatable bonds is 6. The van der Waals surface area contributed by atoms with Gasteiger partial charge in [0.05, 0.1) is 17.6 Å². The summed E-state index contributed by atoms with van der Waals surface area (Å²) in [4.78, 5) is 0. The lowest BCUT2D eigenvalue weighted by atomic mass is 10.1. The molecule has 0 spiro atoms. The van der Waals surface area contributed by atoms with Gasteiger partial charge in [0.2, 0.25) is 10.0 Å². The van der Waals surface area contributed by atoms with E-state index in [-0.39, 0.29) is 0 Å². The largest absolute Gasteiger partial charge is 0.268 e. The van der Waals surface area contributed by atoms with Crippen LogP contribution in [0.15, 0.2) is 36.4 Å². The highest BCUT2D eigenvalue weighted by Gasteiger charge is 2.11. The normalized spacial score (nSPS) is 12.0. The van der Waals surface area contributed by atoms with Crippen LogP contribution < -0.4 is 0 Å². The Balaban J connectivity index is 2.00. The van der Waals surface area contributed by atoms with Gasteiger partial charge in [-0.3, -0.25) is 4.68 Å². The van der Waals surface area contributed by atoms with Crippen LogP contribution in [0.25, 0.3) is 11.3 Å². The second-order valence-corrected chi connectivity index (χ2v) is 7.29. The predicted octanol–water partition coefficient (Wildman–Crippen LogP) is 1.91. The SMILES string of the molecule is CN(CCCc1cc(-c2ccccc2)n(C)n1)S(C)(=O)=O. The van der Waals surface area contributed by atoms with Gasteiger partial charge in [-0.2, -0.15) is 5.10 Å². The first-order valence-electron chi connectivity index (χ1n) is 6.87. The van der Waals surface area contributed by atoms with E-state index in [0.717, 1.165) is 29.8 Å². The highest BCUT2D eigenvalue weighted by Crippen LogP contribution is 2.19. The molecule has 0 unspecified atom stereocenters. The molecule has 1 aromatic heterocycles. The summed E-state index contributed by atoms with van der Waals surface area (Å²) >= 11 is 0. The van der Waals surface area contributed by atoms with Crippen molar-refractivity contribution >= 4 is 10.0 Å². The summed E-state index contributed by atoms with van der Waals surface area (Å²) in [6.07, 6.45) is 2.75. The van der Waals surface area contributed by atoms with Gasteiger partial charge in [-0.1, -0.05) is 30.3 Å². The van der Waals surface area contributed by atoms with Crippen LogP contribution in [0.5, 0.6) is 0 Å². The molecule has 0 aliphatic rings. The van der Waals surface area contributed by atoms with Crippen molar-refractivity contribution in [2.75, 3.05) is 19.8 Å². The van der Waals surface area contributed by atoms with E-state index in [1.54, 1.807) is 7.05 Å². The zero-order chi connectivity index (χ0) is 15.5. The molecule has 1 heterocycles. The predicted molar refractivity (Wildman–Crippen MR) is 84.4 cm³/mol. The van der Waals surface area contributed by atoms with Gasteiger partial charge in [-0.15, -0.1) is 0 Å². The highest BCUT2D eigenvalue weighted by atomic mass is 32.2. The summed E-state index contributed by atoms with van der Waals surface area (Å²) in [5, 5.41) is 4.49. The summed E-state index contributed by atoms with van der Waals surface area (Å²) < 4.78 is 25.9. The molecule has 6 heteroatoms. The van der Waals surface area contributed by atoms with Crippen molar-refractivity contribution in [3.8, 4) is 11.3 Å². The molecular weight excluding hydrogens is 286 g/mol. The van der Waals surface area contributed by atoms with Gasteiger partial charge >= 0.3 is 0 Å². The van der Waals surface area contributed by atoms with Gasteiger partial charge in [0.25, 0.3) is 0 Å². The van der Waals surface area contributed by atoms with Gasteiger partial charge in [-0.25, -0.2) is 12.7 Å². The van der Waals surface area contributed by atoms with Crippen molar-refractivity contribution in [2.45, 2.75) is 12.8 Å². The molecule has 2 rings (SSSR count). The van der Waals surface area contributed by atoms with Crippen LogP contribution in [0.4, 0.5) is 0 Å². The topological polar surface area (TPSA) is 55.2 Å². The molecule has 0 N–H and O–H groups in total. The van der Waals surface area contributed by atoms with E-state index < -0.39 is 10.0 Å². The summed E-state index contributed by atoms with van der Waals surface area (Å²) in [5.74, 6) is 0. The first-order valence-corrected chi connectivity index (χ1v) is 8.72. The van der Waals surface area contributed by atoms with Crippen LogP contribution in [0.1, 0.15) is 12.1 Å². The highest BCUT2D eigenvalue weighted by molar-refractivity contribution is 7.88. The zero-order valence-corrected chi connectivity index (χ0v) is 13.5. The van der Waals surface area contributed by atoms with Crippen molar-refractivity contribution in [2.24, 2.45) is 7.05 Å². The van der Waals surface area contributed by atoms with Crippen LogP contribution >= 0.6 is 0 Å². The third kappa shape index (κ3) is 4.15. The minimum atomic E-state index is -3.10. The monoisotopic (exact) mass is 307 g/mol. The van der Waals surface area contributed by atoms with E-state index in [2.05, 4.69) is 23.3 Å². The first kappa shape index (κ1) is 15.7. The lowest BCUT2D eigenvalue weighted by Gasteiger charge is -2.12. The Morgan fingerprint density at radius 3 is 2.52 bits per heavy atom. The fourth-order valence-corrected chi connectivity index (χ4v) is 2.64. The average Bonchev–Trinajstić information content (AvgIpc) is 2.80. The molecule has 0 bridgehead atoms. The molecule has 0 aliphatic heterocycles. The third-order valence-electron chi connectivity index (χ3n) is 3.47. The molecule has 0 atom stereocenters. The Bertz CT molecular complexity index is 693. The third-order valence-corrected chi connectivity index (χ3v) is 4.79. The average molecular weight is 307 g/mol. The lowest BCUT2D eigenvalue weighted by molar-refractivity contribution is 0.465. The van der Waals surface area contributed by atoms with Crippen LogP contribution in [-0.2, 0) is 23.5 Å². The van der Waals surface area contributed by atoms with E-state index in [4.69, 9.17) is 0 Å². The fraction of sp³-hybridized carbons (Fsp3) is 0.400. The van der Waals surface area contributed by atoms with E-state index in [1.165, 1.54) is 10.6 Å². The maximum atomic E-state index is 11.3. The Morgan fingerprint density at radius 2 is 1.90 bits per heavy atom. The Morgan fingerprint density at radius 1 is 1.24 bits per heavy atom. The number of nitrogens with zero attached hydrogens (tertiary/aromatic N) is 3. The molecule has 114 valence electrons. The standard InChI is InChI=1S/C15H21N3O2S/c1-17(21(3,19)20)11-7-10-14-12-15(18(2)16-14)13-8-5-4-6-9-13/h4-6,8-9,12H,7,10-11H2,1-3H3. The second-order valence-electron chi connectivity index (χ2n) is 5.20. The van der Waals surface area contributed by atoms with Crippen molar-refractivity contribution in [3.63, 3.8) is 0 Å². The first-order chi connectivity index (χ1) is 9.88. The minimum absolute atomic E-state index is 0.510. The molecule has 0 saturated carbocycles. The van der Waals surface area contributed by atoms with Crippen LogP contribution in [0.2, 0.25) is 0 Å². The molecule has 2 aromatic rings. The Kier molecular flexibility index (Phi) is 4.80. The number of benzene rings is 1. The molecule has 0 fully saturated rings. The molecule has 1 aromatic carbocycles. The maximum absolute atomic E-state index is 11.3. The molecular formula is C15H21N3O2S. The smallest absolute Gasteiger partial charge is 0.210 e. The summed E-state index contributed by atoms with van der Waals surface area (Å²) in [6.45, 7) is 0.510. The van der Waals surface area contributed by atoms with Gasteiger partial charge < -0.3 is 0 Å². The van der Waals surface area contributed by atoms with Crippen LogP contribution in [0, 0.1) is 0 Å². The van der Waals surface area contributed by atoms with E-state index >= 15 is 0 Å². The zero-order valence-electron chi connectivity index (χ0n) is 12.7. The van der Waals surface area contributed by atoms with E-state index in [9.17, 15) is 8.42 Å². The molecule has 0 aliphatic carbocycles. The number of aromatic nitrogens is 2. The van der Waals surface area contributed by atoms with Crippen molar-refractivity contribution in [1.82, 2.24) is 14.1 Å². The Labute approximate surface area is 126 Å². The molecule has 21 heavy (non-hydrogen) atoms. The van der Waals surface area contributed by atoms with Gasteiger partial charge in [0.15, 0.2) is 0 Å². The number of aryl methyl sites for hydroxylation is 2. The van der Waals surface area contributed by atoms with Gasteiger partial charge in [-0.05, 0) is 24.5 Å². The van der Waals surface area contributed by atoms with Gasteiger partial charge in [0.1, 0.15) is 0 Å². The number of hydrogen-bond donors (Lipinski definition) is 0. The van der Waals surface area contributed by atoms with Crippen LogP contribution in [-0.4, -0.2) is 42.4 Å². The number of sulfonamides is 1. The summed E-state index contributed by atoms with van der Waals surface area (Å²) in [6, 6.07) is 12.2. The quantitative estimate of drug-likeness (QED) is 0.819. The van der Waals surface area contributed by atoms with Gasteiger partial charge in [0, 0.05) is 20.6 Å². The summed E-state index contributed by atoms with van der Waals surface area (Å²) in [5.41, 5.74) is 3.19. The lowest BCUT2D eigenvalue weighted by Crippen LogP contribution is -2.26. The Hall–Kier alpha value is -1.66. The van der Waals surface area contributed by atoms with Crippen LogP contribution in [0.3, 0.4) is 0 Å². The van der Waals surface area contributed by atoms with E-state index in [1.807, 2.05) is 29.9 Å². The second kappa shape index (κ2) is 6.41. The summed E-state index contributed by atoms with van der Waals surface area (Å²) in [7, 11) is 0.430. The molecule has 0 saturated heterocycles. The van der Waals surface area contributed by atoms with Crippen molar-refractivity contribution in [1.29, 1.82) is 0 Å². The van der Waals surface area contributed by atoms with E-state index in [0.29, 0.717) is 6.54 Å². The van der Waals surface area contributed by atoms with Crippen molar-refractivity contribution in [3.05, 3.63) is 42.1 Å². The van der Waals surface area contributed by atoms with Crippen molar-refractivity contribution < 1.29 is 8.42 Å². The molecule has 5 nitrogen and oxygen atoms in total. The minimum Gasteiger partial charge on any atom is -0.268 e. The molecule has 0 radical (unpaired) electrons. The maximum Gasteiger partial charge on any atom is 0.210 e.